The largest absolute Gasteiger partial charge is 0.457 e. The van der Waals surface area contributed by atoms with Crippen LogP contribution in [0.25, 0.3) is 4.96 Å². The molecule has 0 aliphatic carbocycles. The fourth-order valence-corrected chi connectivity index (χ4v) is 3.86. The van der Waals surface area contributed by atoms with Gasteiger partial charge in [0.05, 0.1) is 0 Å². The average Bonchev–Trinajstić information content (AvgIpc) is 2.98. The van der Waals surface area contributed by atoms with Crippen molar-refractivity contribution in [2.24, 2.45) is 0 Å². The lowest BCUT2D eigenvalue weighted by Gasteiger charge is -2.10. The lowest BCUT2D eigenvalue weighted by Crippen LogP contribution is -2.17. The van der Waals surface area contributed by atoms with Gasteiger partial charge in [-0.2, -0.15) is 9.61 Å². The fraction of sp³-hybridized carbons (Fsp3) is 0.294. The highest BCUT2D eigenvalue weighted by atomic mass is 32.2. The molecule has 25 heavy (non-hydrogen) atoms. The lowest BCUT2D eigenvalue weighted by molar-refractivity contribution is -0.143. The van der Waals surface area contributed by atoms with E-state index < -0.39 is 0 Å². The molecule has 8 heteroatoms. The third-order valence-electron chi connectivity index (χ3n) is 3.42. The molecule has 1 atom stereocenters. The summed E-state index contributed by atoms with van der Waals surface area (Å²) in [5.74, 6) is -0.318. The van der Waals surface area contributed by atoms with Gasteiger partial charge in [0, 0.05) is 16.7 Å². The van der Waals surface area contributed by atoms with Crippen LogP contribution in [0.5, 0.6) is 0 Å². The Kier molecular flexibility index (Phi) is 5.19. The van der Waals surface area contributed by atoms with Crippen LogP contribution in [0.15, 0.2) is 40.0 Å². The van der Waals surface area contributed by atoms with Crippen molar-refractivity contribution in [2.75, 3.05) is 0 Å². The van der Waals surface area contributed by atoms with Crippen LogP contribution in [0.2, 0.25) is 0 Å². The van der Waals surface area contributed by atoms with E-state index in [4.69, 9.17) is 4.74 Å². The van der Waals surface area contributed by atoms with Crippen molar-refractivity contribution in [2.45, 2.75) is 37.5 Å². The number of esters is 1. The van der Waals surface area contributed by atoms with Crippen molar-refractivity contribution in [3.8, 4) is 0 Å². The fourth-order valence-electron chi connectivity index (χ4n) is 2.14. The van der Waals surface area contributed by atoms with E-state index in [0.717, 1.165) is 4.90 Å². The Morgan fingerprint density at radius 2 is 2.04 bits per heavy atom. The van der Waals surface area contributed by atoms with E-state index in [1.54, 1.807) is 13.8 Å². The molecule has 6 nitrogen and oxygen atoms in total. The van der Waals surface area contributed by atoms with E-state index in [9.17, 15) is 9.59 Å². The summed E-state index contributed by atoms with van der Waals surface area (Å²) in [6, 6.07) is 9.40. The second-order valence-corrected chi connectivity index (χ2v) is 8.06. The zero-order chi connectivity index (χ0) is 18.0. The summed E-state index contributed by atoms with van der Waals surface area (Å²) in [6.07, 6.45) is 0. The minimum absolute atomic E-state index is 0.0319. The van der Waals surface area contributed by atoms with Gasteiger partial charge in [-0.25, -0.2) is 4.98 Å². The zero-order valence-corrected chi connectivity index (χ0v) is 15.7. The molecule has 0 fully saturated rings. The Morgan fingerprint density at radius 3 is 2.76 bits per heavy atom. The van der Waals surface area contributed by atoms with E-state index in [2.05, 4.69) is 10.1 Å². The normalized spacial score (nSPS) is 12.3. The first kappa shape index (κ1) is 17.6. The van der Waals surface area contributed by atoms with Gasteiger partial charge in [-0.15, -0.1) is 11.8 Å². The molecular weight excluding hydrogens is 358 g/mol. The van der Waals surface area contributed by atoms with E-state index in [-0.39, 0.29) is 23.4 Å². The molecule has 0 bridgehead atoms. The number of fused-ring (bicyclic) bond motifs is 1. The molecule has 0 unspecified atom stereocenters. The van der Waals surface area contributed by atoms with Crippen LogP contribution in [-0.2, 0) is 16.1 Å². The van der Waals surface area contributed by atoms with Crippen molar-refractivity contribution in [3.05, 3.63) is 57.0 Å². The Labute approximate surface area is 152 Å². The van der Waals surface area contributed by atoms with E-state index >= 15 is 0 Å². The standard InChI is InChI=1S/C17H17N3O3S2/c1-10-4-6-13(7-5-10)24-12(3)16(22)23-9-14-19-20-15(21)8-11(2)18-17(20)25-14/h4-8,12H,9H2,1-3H3/t12-/m1/s1. The average molecular weight is 375 g/mol. The van der Waals surface area contributed by atoms with Crippen LogP contribution in [0.4, 0.5) is 0 Å². The van der Waals surface area contributed by atoms with Gasteiger partial charge in [-0.05, 0) is 32.9 Å². The van der Waals surface area contributed by atoms with E-state index in [0.29, 0.717) is 15.7 Å². The number of aromatic nitrogens is 3. The van der Waals surface area contributed by atoms with Gasteiger partial charge in [0.1, 0.15) is 11.9 Å². The summed E-state index contributed by atoms with van der Waals surface area (Å²) in [5, 5.41) is 4.36. The molecule has 0 amide bonds. The number of ether oxygens (including phenoxy) is 1. The van der Waals surface area contributed by atoms with Gasteiger partial charge in [0.25, 0.3) is 5.56 Å². The number of nitrogens with zero attached hydrogens (tertiary/aromatic N) is 3. The molecular formula is C17H17N3O3S2. The van der Waals surface area contributed by atoms with Crippen molar-refractivity contribution >= 4 is 34.0 Å². The van der Waals surface area contributed by atoms with Crippen LogP contribution >= 0.6 is 23.1 Å². The number of hydrogen-bond acceptors (Lipinski definition) is 7. The highest BCUT2D eigenvalue weighted by molar-refractivity contribution is 8.00. The van der Waals surface area contributed by atoms with Crippen LogP contribution in [0.1, 0.15) is 23.2 Å². The summed E-state index contributed by atoms with van der Waals surface area (Å²) in [5.41, 5.74) is 1.58. The van der Waals surface area contributed by atoms with Crippen molar-refractivity contribution in [1.82, 2.24) is 14.6 Å². The van der Waals surface area contributed by atoms with Gasteiger partial charge < -0.3 is 4.74 Å². The molecule has 0 N–H and O–H groups in total. The SMILES string of the molecule is Cc1ccc(S[C@H](C)C(=O)OCc2nn3c(=O)cc(C)nc3s2)cc1. The molecule has 2 heterocycles. The van der Waals surface area contributed by atoms with Crippen LogP contribution in [0.3, 0.4) is 0 Å². The number of hydrogen-bond donors (Lipinski definition) is 0. The summed E-state index contributed by atoms with van der Waals surface area (Å²) >= 11 is 2.69. The summed E-state index contributed by atoms with van der Waals surface area (Å²) in [6.45, 7) is 5.61. The Hall–Kier alpha value is -2.19. The first-order chi connectivity index (χ1) is 11.9. The number of carbonyl (C=O) groups is 1. The topological polar surface area (TPSA) is 73.6 Å². The number of rotatable bonds is 5. The zero-order valence-electron chi connectivity index (χ0n) is 14.1. The Bertz CT molecular complexity index is 963. The predicted octanol–water partition coefficient (Wildman–Crippen LogP) is 2.99. The molecule has 0 aliphatic rings. The maximum Gasteiger partial charge on any atom is 0.319 e. The number of aryl methyl sites for hydroxylation is 2. The molecule has 0 aliphatic heterocycles. The second kappa shape index (κ2) is 7.37. The molecule has 3 rings (SSSR count). The first-order valence-corrected chi connectivity index (χ1v) is 9.38. The quantitative estimate of drug-likeness (QED) is 0.504. The highest BCUT2D eigenvalue weighted by Gasteiger charge is 2.17. The third kappa shape index (κ3) is 4.26. The molecule has 0 saturated heterocycles. The van der Waals surface area contributed by atoms with Gasteiger partial charge in [-0.1, -0.05) is 29.0 Å². The molecule has 0 spiro atoms. The Morgan fingerprint density at radius 1 is 1.32 bits per heavy atom. The summed E-state index contributed by atoms with van der Waals surface area (Å²) in [7, 11) is 0. The van der Waals surface area contributed by atoms with Gasteiger partial charge in [0.2, 0.25) is 4.96 Å². The molecule has 2 aromatic heterocycles. The minimum atomic E-state index is -0.333. The first-order valence-electron chi connectivity index (χ1n) is 7.69. The number of carbonyl (C=O) groups excluding carboxylic acids is 1. The van der Waals surface area contributed by atoms with Crippen molar-refractivity contribution in [1.29, 1.82) is 0 Å². The summed E-state index contributed by atoms with van der Waals surface area (Å²) < 4.78 is 6.56. The maximum absolute atomic E-state index is 12.2. The van der Waals surface area contributed by atoms with Crippen LogP contribution in [-0.4, -0.2) is 25.8 Å². The van der Waals surface area contributed by atoms with Crippen molar-refractivity contribution in [3.63, 3.8) is 0 Å². The monoisotopic (exact) mass is 375 g/mol. The van der Waals surface area contributed by atoms with Crippen molar-refractivity contribution < 1.29 is 9.53 Å². The molecule has 1 aromatic carbocycles. The molecule has 130 valence electrons. The summed E-state index contributed by atoms with van der Waals surface area (Å²) in [4.78, 5) is 29.8. The third-order valence-corrected chi connectivity index (χ3v) is 5.39. The maximum atomic E-state index is 12.2. The Balaban J connectivity index is 1.62. The van der Waals surface area contributed by atoms with Gasteiger partial charge in [-0.3, -0.25) is 9.59 Å². The highest BCUT2D eigenvalue weighted by Crippen LogP contribution is 2.24. The van der Waals surface area contributed by atoms with Crippen LogP contribution in [0, 0.1) is 13.8 Å². The minimum Gasteiger partial charge on any atom is -0.457 e. The van der Waals surface area contributed by atoms with E-state index in [1.807, 2.05) is 31.2 Å². The molecule has 0 radical (unpaired) electrons. The van der Waals surface area contributed by atoms with E-state index in [1.165, 1.54) is 39.2 Å². The predicted molar refractivity (Wildman–Crippen MR) is 98.2 cm³/mol. The van der Waals surface area contributed by atoms with Gasteiger partial charge in [0.15, 0.2) is 5.01 Å². The molecule has 0 saturated carbocycles. The van der Waals surface area contributed by atoms with Gasteiger partial charge >= 0.3 is 5.97 Å². The van der Waals surface area contributed by atoms with Crippen LogP contribution < -0.4 is 5.56 Å². The number of thioether (sulfide) groups is 1. The number of benzene rings is 1. The smallest absolute Gasteiger partial charge is 0.319 e. The molecule has 3 aromatic rings. The lowest BCUT2D eigenvalue weighted by atomic mass is 10.2. The second-order valence-electron chi connectivity index (χ2n) is 5.61.